The van der Waals surface area contributed by atoms with E-state index in [1.165, 1.54) is 0 Å². The summed E-state index contributed by atoms with van der Waals surface area (Å²) in [6, 6.07) is 11.6. The van der Waals surface area contributed by atoms with Crippen LogP contribution in [0.4, 0.5) is 5.69 Å². The van der Waals surface area contributed by atoms with Gasteiger partial charge in [-0.1, -0.05) is 6.07 Å². The summed E-state index contributed by atoms with van der Waals surface area (Å²) in [4.78, 5) is 29.8. The lowest BCUT2D eigenvalue weighted by molar-refractivity contribution is -0.122. The van der Waals surface area contributed by atoms with Crippen LogP contribution in [0.2, 0.25) is 0 Å². The highest BCUT2D eigenvalue weighted by molar-refractivity contribution is 5.97. The number of anilines is 1. The van der Waals surface area contributed by atoms with Gasteiger partial charge in [0.05, 0.1) is 12.2 Å². The molecule has 1 fully saturated rings. The average molecular weight is 505 g/mol. The first-order chi connectivity index (χ1) is 17.7. The fourth-order valence-electron chi connectivity index (χ4n) is 4.39. The van der Waals surface area contributed by atoms with Gasteiger partial charge in [-0.15, -0.1) is 0 Å². The minimum atomic E-state index is -0.293. The van der Waals surface area contributed by atoms with Gasteiger partial charge in [-0.25, -0.2) is 0 Å². The van der Waals surface area contributed by atoms with E-state index in [0.29, 0.717) is 11.3 Å². The number of ether oxygens (including phenoxy) is 1. The summed E-state index contributed by atoms with van der Waals surface area (Å²) in [6.07, 6.45) is 3.69. The van der Waals surface area contributed by atoms with Gasteiger partial charge in [0, 0.05) is 63.3 Å². The summed E-state index contributed by atoms with van der Waals surface area (Å²) < 4.78 is 7.49. The Morgan fingerprint density at radius 3 is 2.49 bits per heavy atom. The highest BCUT2D eigenvalue weighted by Crippen LogP contribution is 2.29. The molecule has 1 aromatic heterocycles. The van der Waals surface area contributed by atoms with Crippen LogP contribution >= 0.6 is 0 Å². The molecule has 2 N–H and O–H groups in total. The third-order valence-electron chi connectivity index (χ3n) is 6.80. The first kappa shape index (κ1) is 26.2. The molecule has 2 heterocycles. The number of nitrogens with zero attached hydrogens (tertiary/aromatic N) is 4. The minimum Gasteiger partial charge on any atom is -0.484 e. The molecular formula is C28H36N6O3. The standard InChI is InChI=1S/C28H36N6O3/c1-19-6-7-24(34-10-8-32(4)9-11-34)15-26(19)28(36)31-20(2)21-12-22(23-16-30-33(5)17-23)14-25(13-21)37-18-27(35)29-3/h6-7,12-17,20H,8-11,18H2,1-5H3,(H,29,35)(H,31,36)/t20-/m1/s1. The van der Waals surface area contributed by atoms with E-state index < -0.39 is 0 Å². The Balaban J connectivity index is 1.56. The molecule has 0 bridgehead atoms. The molecule has 0 unspecified atom stereocenters. The number of rotatable bonds is 8. The van der Waals surface area contributed by atoms with E-state index in [1.54, 1.807) is 17.9 Å². The van der Waals surface area contributed by atoms with E-state index in [-0.39, 0.29) is 24.5 Å². The molecule has 3 aromatic rings. The quantitative estimate of drug-likeness (QED) is 0.490. The molecule has 1 aliphatic rings. The highest BCUT2D eigenvalue weighted by atomic mass is 16.5. The molecule has 0 spiro atoms. The zero-order chi connectivity index (χ0) is 26.5. The third-order valence-corrected chi connectivity index (χ3v) is 6.80. The number of amides is 2. The number of piperazine rings is 1. The molecule has 0 aliphatic carbocycles. The van der Waals surface area contributed by atoms with E-state index in [1.807, 2.05) is 57.4 Å². The zero-order valence-corrected chi connectivity index (χ0v) is 22.2. The van der Waals surface area contributed by atoms with Gasteiger partial charge in [0.1, 0.15) is 5.75 Å². The Hall–Kier alpha value is -3.85. The van der Waals surface area contributed by atoms with Crippen LogP contribution in [0.1, 0.15) is 34.5 Å². The van der Waals surface area contributed by atoms with Gasteiger partial charge < -0.3 is 25.2 Å². The number of hydrogen-bond acceptors (Lipinski definition) is 6. The number of likely N-dealkylation sites (N-methyl/N-ethyl adjacent to an activating group) is 2. The van der Waals surface area contributed by atoms with Crippen molar-refractivity contribution in [3.63, 3.8) is 0 Å². The van der Waals surface area contributed by atoms with Gasteiger partial charge in [0.25, 0.3) is 11.8 Å². The van der Waals surface area contributed by atoms with E-state index in [4.69, 9.17) is 4.74 Å². The summed E-state index contributed by atoms with van der Waals surface area (Å²) in [6.45, 7) is 7.71. The van der Waals surface area contributed by atoms with Crippen LogP contribution in [0, 0.1) is 6.92 Å². The van der Waals surface area contributed by atoms with Crippen LogP contribution in [-0.2, 0) is 11.8 Å². The van der Waals surface area contributed by atoms with E-state index >= 15 is 0 Å². The highest BCUT2D eigenvalue weighted by Gasteiger charge is 2.19. The number of aryl methyl sites for hydroxylation is 2. The van der Waals surface area contributed by atoms with Crippen molar-refractivity contribution >= 4 is 17.5 Å². The Morgan fingerprint density at radius 2 is 1.81 bits per heavy atom. The maximum atomic E-state index is 13.4. The molecule has 37 heavy (non-hydrogen) atoms. The number of hydrogen-bond donors (Lipinski definition) is 2. The van der Waals surface area contributed by atoms with Crippen LogP contribution in [0.25, 0.3) is 11.1 Å². The maximum Gasteiger partial charge on any atom is 0.257 e. The van der Waals surface area contributed by atoms with E-state index in [2.05, 4.69) is 38.6 Å². The fraction of sp³-hybridized carbons (Fsp3) is 0.393. The number of nitrogens with one attached hydrogen (secondary N) is 2. The SMILES string of the molecule is CNC(=O)COc1cc(-c2cnn(C)c2)cc([C@@H](C)NC(=O)c2cc(N3CCN(C)CC3)ccc2C)c1. The van der Waals surface area contributed by atoms with Crippen molar-refractivity contribution in [2.75, 3.05) is 51.8 Å². The van der Waals surface area contributed by atoms with Crippen molar-refractivity contribution in [1.29, 1.82) is 0 Å². The van der Waals surface area contributed by atoms with E-state index in [9.17, 15) is 9.59 Å². The number of aromatic nitrogens is 2. The first-order valence-corrected chi connectivity index (χ1v) is 12.6. The van der Waals surface area contributed by atoms with Gasteiger partial charge in [-0.05, 0) is 67.9 Å². The van der Waals surface area contributed by atoms with E-state index in [0.717, 1.165) is 54.1 Å². The Bertz CT molecular complexity index is 1260. The van der Waals surface area contributed by atoms with Crippen LogP contribution in [0.15, 0.2) is 48.8 Å². The van der Waals surface area contributed by atoms with Crippen molar-refractivity contribution in [3.8, 4) is 16.9 Å². The van der Waals surface area contributed by atoms with Crippen molar-refractivity contribution in [3.05, 3.63) is 65.5 Å². The second-order valence-corrected chi connectivity index (χ2v) is 9.64. The zero-order valence-electron chi connectivity index (χ0n) is 22.2. The van der Waals surface area contributed by atoms with Crippen LogP contribution in [0.3, 0.4) is 0 Å². The molecule has 1 aliphatic heterocycles. The van der Waals surface area contributed by atoms with Gasteiger partial charge in [0.15, 0.2) is 6.61 Å². The van der Waals surface area contributed by atoms with Crippen LogP contribution in [-0.4, -0.2) is 73.4 Å². The molecule has 4 rings (SSSR count). The lowest BCUT2D eigenvalue weighted by atomic mass is 10.0. The van der Waals surface area contributed by atoms with Gasteiger partial charge >= 0.3 is 0 Å². The molecule has 1 atom stereocenters. The molecule has 0 radical (unpaired) electrons. The van der Waals surface area contributed by atoms with Gasteiger partial charge in [-0.3, -0.25) is 14.3 Å². The summed E-state index contributed by atoms with van der Waals surface area (Å²) >= 11 is 0. The molecule has 2 aromatic carbocycles. The summed E-state index contributed by atoms with van der Waals surface area (Å²) in [7, 11) is 5.56. The lowest BCUT2D eigenvalue weighted by Gasteiger charge is -2.34. The van der Waals surface area contributed by atoms with Crippen molar-refractivity contribution in [2.24, 2.45) is 7.05 Å². The summed E-state index contributed by atoms with van der Waals surface area (Å²) in [5.41, 5.74) is 5.36. The fourth-order valence-corrected chi connectivity index (χ4v) is 4.39. The normalized spacial score (nSPS) is 14.8. The van der Waals surface area contributed by atoms with Crippen molar-refractivity contribution in [1.82, 2.24) is 25.3 Å². The number of carbonyl (C=O) groups is 2. The number of benzene rings is 2. The minimum absolute atomic E-state index is 0.0918. The maximum absolute atomic E-state index is 13.4. The molecular weight excluding hydrogens is 468 g/mol. The average Bonchev–Trinajstić information content (AvgIpc) is 3.34. The molecule has 196 valence electrons. The topological polar surface area (TPSA) is 91.7 Å². The summed E-state index contributed by atoms with van der Waals surface area (Å²) in [5, 5.41) is 9.99. The second kappa shape index (κ2) is 11.5. The van der Waals surface area contributed by atoms with Crippen LogP contribution in [0.5, 0.6) is 5.75 Å². The molecule has 9 nitrogen and oxygen atoms in total. The smallest absolute Gasteiger partial charge is 0.257 e. The monoisotopic (exact) mass is 504 g/mol. The largest absolute Gasteiger partial charge is 0.484 e. The summed E-state index contributed by atoms with van der Waals surface area (Å²) in [5.74, 6) is 0.209. The molecule has 2 amide bonds. The Morgan fingerprint density at radius 1 is 1.05 bits per heavy atom. The molecule has 0 saturated carbocycles. The Labute approximate surface area is 218 Å². The number of carbonyl (C=O) groups excluding carboxylic acids is 2. The van der Waals surface area contributed by atoms with Gasteiger partial charge in [0.2, 0.25) is 0 Å². The van der Waals surface area contributed by atoms with Crippen LogP contribution < -0.4 is 20.3 Å². The third kappa shape index (κ3) is 6.48. The predicted molar refractivity (Wildman–Crippen MR) is 145 cm³/mol. The van der Waals surface area contributed by atoms with Crippen molar-refractivity contribution in [2.45, 2.75) is 19.9 Å². The Kier molecular flexibility index (Phi) is 8.13. The molecule has 9 heteroatoms. The van der Waals surface area contributed by atoms with Gasteiger partial charge in [-0.2, -0.15) is 5.10 Å². The lowest BCUT2D eigenvalue weighted by Crippen LogP contribution is -2.44. The second-order valence-electron chi connectivity index (χ2n) is 9.64. The van der Waals surface area contributed by atoms with Crippen molar-refractivity contribution < 1.29 is 14.3 Å². The molecule has 1 saturated heterocycles. The first-order valence-electron chi connectivity index (χ1n) is 12.6. The predicted octanol–water partition coefficient (Wildman–Crippen LogP) is 2.76.